The zero-order valence-electron chi connectivity index (χ0n) is 12.2. The van der Waals surface area contributed by atoms with Crippen LogP contribution in [0.25, 0.3) is 0 Å². The summed E-state index contributed by atoms with van der Waals surface area (Å²) in [4.78, 5) is 2.40. The molecule has 0 aliphatic carbocycles. The summed E-state index contributed by atoms with van der Waals surface area (Å²) in [6.45, 7) is 2.24. The Morgan fingerprint density at radius 3 is 2.62 bits per heavy atom. The summed E-state index contributed by atoms with van der Waals surface area (Å²) < 4.78 is 5.83. The highest BCUT2D eigenvalue weighted by molar-refractivity contribution is 5.56. The number of nitrogens with two attached hydrogens (primary N) is 1. The van der Waals surface area contributed by atoms with Crippen molar-refractivity contribution in [2.75, 3.05) is 24.6 Å². The summed E-state index contributed by atoms with van der Waals surface area (Å²) in [5, 5.41) is 0. The fraction of sp³-hybridized carbons (Fsp3) is 0.333. The second kappa shape index (κ2) is 6.64. The molecular weight excluding hydrogens is 260 g/mol. The van der Waals surface area contributed by atoms with Crippen molar-refractivity contribution in [3.05, 3.63) is 60.2 Å². The Kier molecular flexibility index (Phi) is 4.41. The van der Waals surface area contributed by atoms with Gasteiger partial charge in [0.1, 0.15) is 12.4 Å². The van der Waals surface area contributed by atoms with Gasteiger partial charge in [0, 0.05) is 18.3 Å². The quantitative estimate of drug-likeness (QED) is 0.916. The number of fused-ring (bicyclic) bond motifs is 1. The molecule has 1 heterocycles. The number of aryl methyl sites for hydroxylation is 1. The van der Waals surface area contributed by atoms with E-state index >= 15 is 0 Å². The van der Waals surface area contributed by atoms with Gasteiger partial charge in [-0.15, -0.1) is 0 Å². The molecule has 0 spiro atoms. The van der Waals surface area contributed by atoms with Crippen molar-refractivity contribution in [1.29, 1.82) is 0 Å². The highest BCUT2D eigenvalue weighted by Gasteiger charge is 2.24. The minimum Gasteiger partial charge on any atom is -0.492 e. The molecule has 1 aliphatic heterocycles. The minimum absolute atomic E-state index is 0.416. The van der Waals surface area contributed by atoms with E-state index in [2.05, 4.69) is 29.2 Å². The molecule has 21 heavy (non-hydrogen) atoms. The van der Waals surface area contributed by atoms with E-state index in [0.717, 1.165) is 25.1 Å². The predicted octanol–water partition coefficient (Wildman–Crippen LogP) is 2.85. The molecule has 0 radical (unpaired) electrons. The molecule has 1 unspecified atom stereocenters. The van der Waals surface area contributed by atoms with Crippen LogP contribution in [0.4, 0.5) is 5.69 Å². The number of ether oxygens (including phenoxy) is 1. The smallest absolute Gasteiger partial charge is 0.119 e. The maximum Gasteiger partial charge on any atom is 0.119 e. The van der Waals surface area contributed by atoms with Gasteiger partial charge in [0.15, 0.2) is 0 Å². The van der Waals surface area contributed by atoms with Gasteiger partial charge in [0.2, 0.25) is 0 Å². The SMILES string of the molecule is NCC1CCc2ccccc2N1CCOc1ccccc1. The van der Waals surface area contributed by atoms with Crippen LogP contribution < -0.4 is 15.4 Å². The lowest BCUT2D eigenvalue weighted by molar-refractivity contribution is 0.316. The average Bonchev–Trinajstić information content (AvgIpc) is 2.56. The third kappa shape index (κ3) is 3.19. The monoisotopic (exact) mass is 282 g/mol. The largest absolute Gasteiger partial charge is 0.492 e. The van der Waals surface area contributed by atoms with Crippen molar-refractivity contribution in [1.82, 2.24) is 0 Å². The molecule has 110 valence electrons. The molecule has 0 saturated carbocycles. The molecule has 3 heteroatoms. The van der Waals surface area contributed by atoms with Gasteiger partial charge in [-0.2, -0.15) is 0 Å². The number of anilines is 1. The predicted molar refractivity (Wildman–Crippen MR) is 86.9 cm³/mol. The molecule has 2 aromatic carbocycles. The Hall–Kier alpha value is -2.00. The maximum atomic E-state index is 5.95. The first-order valence-corrected chi connectivity index (χ1v) is 7.61. The summed E-state index contributed by atoms with van der Waals surface area (Å²) >= 11 is 0. The number of hydrogen-bond acceptors (Lipinski definition) is 3. The van der Waals surface area contributed by atoms with Gasteiger partial charge >= 0.3 is 0 Å². The molecule has 2 aromatic rings. The van der Waals surface area contributed by atoms with E-state index in [-0.39, 0.29) is 0 Å². The summed E-state index contributed by atoms with van der Waals surface area (Å²) in [7, 11) is 0. The summed E-state index contributed by atoms with van der Waals surface area (Å²) in [6.07, 6.45) is 2.24. The normalized spacial score (nSPS) is 17.4. The van der Waals surface area contributed by atoms with E-state index in [1.165, 1.54) is 11.3 Å². The topological polar surface area (TPSA) is 38.5 Å². The molecule has 1 atom stereocenters. The summed E-state index contributed by atoms with van der Waals surface area (Å²) in [6, 6.07) is 19.0. The van der Waals surface area contributed by atoms with Crippen LogP contribution in [0.2, 0.25) is 0 Å². The number of nitrogens with zero attached hydrogens (tertiary/aromatic N) is 1. The van der Waals surface area contributed by atoms with Crippen LogP contribution in [0.5, 0.6) is 5.75 Å². The highest BCUT2D eigenvalue weighted by Crippen LogP contribution is 2.29. The second-order valence-corrected chi connectivity index (χ2v) is 5.41. The first-order valence-electron chi connectivity index (χ1n) is 7.61. The van der Waals surface area contributed by atoms with Crippen molar-refractivity contribution in [3.8, 4) is 5.75 Å². The van der Waals surface area contributed by atoms with E-state index in [1.54, 1.807) is 0 Å². The molecular formula is C18H22N2O. The second-order valence-electron chi connectivity index (χ2n) is 5.41. The molecule has 0 fully saturated rings. The lowest BCUT2D eigenvalue weighted by Crippen LogP contribution is -2.45. The van der Waals surface area contributed by atoms with Crippen molar-refractivity contribution in [2.45, 2.75) is 18.9 Å². The van der Waals surface area contributed by atoms with Gasteiger partial charge in [-0.05, 0) is 36.6 Å². The Balaban J connectivity index is 1.67. The number of para-hydroxylation sites is 2. The standard InChI is InChI=1S/C18H22N2O/c19-14-16-11-10-15-6-4-5-9-18(15)20(16)12-13-21-17-7-2-1-3-8-17/h1-9,16H,10-14,19H2. The van der Waals surface area contributed by atoms with Gasteiger partial charge < -0.3 is 15.4 Å². The third-order valence-electron chi connectivity index (χ3n) is 4.10. The summed E-state index contributed by atoms with van der Waals surface area (Å²) in [5.41, 5.74) is 8.69. The first-order chi connectivity index (χ1) is 10.4. The van der Waals surface area contributed by atoms with Crippen molar-refractivity contribution in [2.24, 2.45) is 5.73 Å². The van der Waals surface area contributed by atoms with Crippen LogP contribution >= 0.6 is 0 Å². The molecule has 0 aromatic heterocycles. The molecule has 0 saturated heterocycles. The van der Waals surface area contributed by atoms with Gasteiger partial charge in [0.05, 0.1) is 6.54 Å². The number of hydrogen-bond donors (Lipinski definition) is 1. The van der Waals surface area contributed by atoms with Gasteiger partial charge in [0.25, 0.3) is 0 Å². The highest BCUT2D eigenvalue weighted by atomic mass is 16.5. The Morgan fingerprint density at radius 1 is 1.05 bits per heavy atom. The van der Waals surface area contributed by atoms with Crippen LogP contribution in [0.1, 0.15) is 12.0 Å². The van der Waals surface area contributed by atoms with Crippen LogP contribution in [0.3, 0.4) is 0 Å². The van der Waals surface area contributed by atoms with E-state index in [9.17, 15) is 0 Å². The van der Waals surface area contributed by atoms with Gasteiger partial charge in [-0.25, -0.2) is 0 Å². The van der Waals surface area contributed by atoms with Crippen molar-refractivity contribution in [3.63, 3.8) is 0 Å². The van der Waals surface area contributed by atoms with Crippen molar-refractivity contribution < 1.29 is 4.74 Å². The summed E-state index contributed by atoms with van der Waals surface area (Å²) in [5.74, 6) is 0.923. The molecule has 2 N–H and O–H groups in total. The third-order valence-corrected chi connectivity index (χ3v) is 4.10. The number of rotatable bonds is 5. The first kappa shape index (κ1) is 14.0. The van der Waals surface area contributed by atoms with Crippen LogP contribution in [0, 0.1) is 0 Å². The van der Waals surface area contributed by atoms with Crippen molar-refractivity contribution >= 4 is 5.69 Å². The molecule has 0 amide bonds. The molecule has 3 nitrogen and oxygen atoms in total. The van der Waals surface area contributed by atoms with Crippen LogP contribution in [0.15, 0.2) is 54.6 Å². The fourth-order valence-electron chi connectivity index (χ4n) is 3.00. The van der Waals surface area contributed by atoms with E-state index in [4.69, 9.17) is 10.5 Å². The number of benzene rings is 2. The van der Waals surface area contributed by atoms with E-state index in [0.29, 0.717) is 19.2 Å². The zero-order chi connectivity index (χ0) is 14.5. The van der Waals surface area contributed by atoms with Gasteiger partial charge in [-0.1, -0.05) is 36.4 Å². The van der Waals surface area contributed by atoms with Gasteiger partial charge in [-0.3, -0.25) is 0 Å². The minimum atomic E-state index is 0.416. The molecule has 0 bridgehead atoms. The average molecular weight is 282 g/mol. The Morgan fingerprint density at radius 2 is 1.81 bits per heavy atom. The lowest BCUT2D eigenvalue weighted by atomic mass is 9.96. The molecule has 3 rings (SSSR count). The van der Waals surface area contributed by atoms with Crippen LogP contribution in [-0.2, 0) is 6.42 Å². The maximum absolute atomic E-state index is 5.95. The lowest BCUT2D eigenvalue weighted by Gasteiger charge is -2.38. The van der Waals surface area contributed by atoms with E-state index < -0.39 is 0 Å². The Labute approximate surface area is 126 Å². The Bertz CT molecular complexity index is 570. The van der Waals surface area contributed by atoms with Crippen LogP contribution in [-0.4, -0.2) is 25.7 Å². The zero-order valence-corrected chi connectivity index (χ0v) is 12.2. The van der Waals surface area contributed by atoms with E-state index in [1.807, 2.05) is 30.3 Å². The fourth-order valence-corrected chi connectivity index (χ4v) is 3.00. The molecule has 1 aliphatic rings.